The number of hydrogen-bond donors (Lipinski definition) is 1. The van der Waals surface area contributed by atoms with Crippen molar-refractivity contribution in [3.63, 3.8) is 0 Å². The fourth-order valence-corrected chi connectivity index (χ4v) is 2.19. The van der Waals surface area contributed by atoms with Gasteiger partial charge in [0.15, 0.2) is 5.78 Å². The molecule has 0 atom stereocenters. The van der Waals surface area contributed by atoms with Gasteiger partial charge in [-0.1, -0.05) is 42.5 Å². The maximum absolute atomic E-state index is 12.2. The van der Waals surface area contributed by atoms with Crippen LogP contribution >= 0.6 is 0 Å². The highest BCUT2D eigenvalue weighted by atomic mass is 16.1. The molecule has 1 heterocycles. The van der Waals surface area contributed by atoms with Crippen LogP contribution in [-0.4, -0.2) is 5.78 Å². The van der Waals surface area contributed by atoms with Gasteiger partial charge in [0.1, 0.15) is 0 Å². The largest absolute Gasteiger partial charge is 0.309 e. The Labute approximate surface area is 100 Å². The predicted octanol–water partition coefficient (Wildman–Crippen LogP) is 2.52. The van der Waals surface area contributed by atoms with Gasteiger partial charge < -0.3 is 5.32 Å². The molecular weight excluding hydrogens is 210 g/mol. The maximum Gasteiger partial charge on any atom is 0.193 e. The molecule has 0 fully saturated rings. The third kappa shape index (κ3) is 1.87. The first-order chi connectivity index (χ1) is 8.34. The minimum absolute atomic E-state index is 0.0975. The van der Waals surface area contributed by atoms with Crippen LogP contribution in [0.5, 0.6) is 0 Å². The zero-order valence-electron chi connectivity index (χ0n) is 9.44. The molecule has 2 aromatic carbocycles. The summed E-state index contributed by atoms with van der Waals surface area (Å²) in [5, 5.41) is 3.28. The molecule has 0 amide bonds. The van der Waals surface area contributed by atoms with E-state index in [1.165, 1.54) is 11.1 Å². The average Bonchev–Trinajstić information content (AvgIpc) is 2.86. The number of nitrogens with one attached hydrogen (secondary N) is 1. The Kier molecular flexibility index (Phi) is 2.50. The minimum atomic E-state index is 0.0975. The normalized spacial score (nSPS) is 13.4. The van der Waals surface area contributed by atoms with Gasteiger partial charge in [0.25, 0.3) is 0 Å². The summed E-state index contributed by atoms with van der Waals surface area (Å²) in [6.07, 6.45) is 0. The van der Waals surface area contributed by atoms with Gasteiger partial charge >= 0.3 is 0 Å². The molecule has 1 aliphatic heterocycles. The average molecular weight is 223 g/mol. The van der Waals surface area contributed by atoms with Crippen molar-refractivity contribution in [2.45, 2.75) is 13.1 Å². The smallest absolute Gasteiger partial charge is 0.193 e. The van der Waals surface area contributed by atoms with Crippen molar-refractivity contribution in [1.29, 1.82) is 0 Å². The van der Waals surface area contributed by atoms with Crippen LogP contribution in [0.15, 0.2) is 48.5 Å². The monoisotopic (exact) mass is 223 g/mol. The van der Waals surface area contributed by atoms with Crippen LogP contribution in [0.3, 0.4) is 0 Å². The number of benzene rings is 2. The molecule has 1 N–H and O–H groups in total. The highest BCUT2D eigenvalue weighted by Gasteiger charge is 2.14. The van der Waals surface area contributed by atoms with E-state index in [9.17, 15) is 4.79 Å². The quantitative estimate of drug-likeness (QED) is 0.793. The van der Waals surface area contributed by atoms with Crippen molar-refractivity contribution < 1.29 is 4.79 Å². The number of ketones is 1. The molecule has 0 spiro atoms. The summed E-state index contributed by atoms with van der Waals surface area (Å²) >= 11 is 0. The van der Waals surface area contributed by atoms with Crippen LogP contribution in [0, 0.1) is 0 Å². The Morgan fingerprint density at radius 2 is 1.65 bits per heavy atom. The van der Waals surface area contributed by atoms with Crippen molar-refractivity contribution in [2.75, 3.05) is 0 Å². The number of carbonyl (C=O) groups is 1. The molecular formula is C15H13NO. The van der Waals surface area contributed by atoms with E-state index in [-0.39, 0.29) is 5.78 Å². The molecule has 2 aromatic rings. The number of fused-ring (bicyclic) bond motifs is 1. The van der Waals surface area contributed by atoms with Gasteiger partial charge in [-0.2, -0.15) is 0 Å². The van der Waals surface area contributed by atoms with Crippen LogP contribution < -0.4 is 5.32 Å². The van der Waals surface area contributed by atoms with Crippen molar-refractivity contribution in [3.8, 4) is 0 Å². The van der Waals surface area contributed by atoms with Gasteiger partial charge in [-0.05, 0) is 17.2 Å². The number of hydrogen-bond acceptors (Lipinski definition) is 2. The molecule has 0 aromatic heterocycles. The van der Waals surface area contributed by atoms with Crippen molar-refractivity contribution >= 4 is 5.78 Å². The highest BCUT2D eigenvalue weighted by molar-refractivity contribution is 6.09. The van der Waals surface area contributed by atoms with Crippen molar-refractivity contribution in [2.24, 2.45) is 0 Å². The van der Waals surface area contributed by atoms with Gasteiger partial charge in [-0.3, -0.25) is 4.79 Å². The molecule has 17 heavy (non-hydrogen) atoms. The summed E-state index contributed by atoms with van der Waals surface area (Å²) in [4.78, 5) is 12.2. The lowest BCUT2D eigenvalue weighted by Gasteiger charge is -2.03. The molecule has 2 heteroatoms. The van der Waals surface area contributed by atoms with E-state index < -0.39 is 0 Å². The van der Waals surface area contributed by atoms with Crippen LogP contribution in [0.1, 0.15) is 27.0 Å². The van der Waals surface area contributed by atoms with E-state index in [0.717, 1.165) is 24.2 Å². The lowest BCUT2D eigenvalue weighted by Crippen LogP contribution is -2.02. The summed E-state index contributed by atoms with van der Waals surface area (Å²) in [6, 6.07) is 15.4. The lowest BCUT2D eigenvalue weighted by molar-refractivity contribution is 0.103. The van der Waals surface area contributed by atoms with E-state index in [0.29, 0.717) is 0 Å². The second kappa shape index (κ2) is 4.15. The van der Waals surface area contributed by atoms with E-state index >= 15 is 0 Å². The summed E-state index contributed by atoms with van der Waals surface area (Å²) in [5.41, 5.74) is 4.07. The zero-order valence-corrected chi connectivity index (χ0v) is 9.44. The van der Waals surface area contributed by atoms with E-state index in [4.69, 9.17) is 0 Å². The molecule has 0 radical (unpaired) electrons. The van der Waals surface area contributed by atoms with Crippen molar-refractivity contribution in [3.05, 3.63) is 70.8 Å². The molecule has 84 valence electrons. The van der Waals surface area contributed by atoms with Crippen LogP contribution in [-0.2, 0) is 13.1 Å². The molecule has 0 unspecified atom stereocenters. The third-order valence-corrected chi connectivity index (χ3v) is 3.14. The summed E-state index contributed by atoms with van der Waals surface area (Å²) in [5.74, 6) is 0.0975. The summed E-state index contributed by atoms with van der Waals surface area (Å²) in [6.45, 7) is 1.78. The molecule has 2 nitrogen and oxygen atoms in total. The Balaban J connectivity index is 1.97. The summed E-state index contributed by atoms with van der Waals surface area (Å²) < 4.78 is 0. The number of rotatable bonds is 2. The first-order valence-electron chi connectivity index (χ1n) is 5.77. The first-order valence-corrected chi connectivity index (χ1v) is 5.77. The molecule has 0 bridgehead atoms. The summed E-state index contributed by atoms with van der Waals surface area (Å²) in [7, 11) is 0. The fraction of sp³-hybridized carbons (Fsp3) is 0.133. The molecule has 3 rings (SSSR count). The van der Waals surface area contributed by atoms with Gasteiger partial charge in [0.2, 0.25) is 0 Å². The third-order valence-electron chi connectivity index (χ3n) is 3.14. The first kappa shape index (κ1) is 10.2. The van der Waals surface area contributed by atoms with Gasteiger partial charge in [0.05, 0.1) is 0 Å². The van der Waals surface area contributed by atoms with Gasteiger partial charge in [-0.15, -0.1) is 0 Å². The van der Waals surface area contributed by atoms with Crippen LogP contribution in [0.4, 0.5) is 0 Å². The maximum atomic E-state index is 12.2. The van der Waals surface area contributed by atoms with Crippen LogP contribution in [0.25, 0.3) is 0 Å². The Morgan fingerprint density at radius 1 is 0.882 bits per heavy atom. The predicted molar refractivity (Wildman–Crippen MR) is 66.9 cm³/mol. The Hall–Kier alpha value is -1.93. The van der Waals surface area contributed by atoms with E-state index in [1.807, 2.05) is 48.5 Å². The molecule has 1 aliphatic rings. The SMILES string of the molecule is O=C(c1ccccc1)c1ccc2c(c1)CNC2. The second-order valence-electron chi connectivity index (χ2n) is 4.28. The molecule has 0 saturated heterocycles. The Morgan fingerprint density at radius 3 is 2.47 bits per heavy atom. The number of carbonyl (C=O) groups excluding carboxylic acids is 1. The van der Waals surface area contributed by atoms with Crippen LogP contribution in [0.2, 0.25) is 0 Å². The fourth-order valence-electron chi connectivity index (χ4n) is 2.19. The van der Waals surface area contributed by atoms with Gasteiger partial charge in [-0.25, -0.2) is 0 Å². The van der Waals surface area contributed by atoms with E-state index in [2.05, 4.69) is 5.32 Å². The van der Waals surface area contributed by atoms with Gasteiger partial charge in [0, 0.05) is 24.2 Å². The standard InChI is InChI=1S/C15H13NO/c17-15(11-4-2-1-3-5-11)12-6-7-13-9-16-10-14(13)8-12/h1-8,16H,9-10H2. The topological polar surface area (TPSA) is 29.1 Å². The lowest BCUT2D eigenvalue weighted by atomic mass is 9.99. The Bertz CT molecular complexity index is 560. The van der Waals surface area contributed by atoms with Crippen molar-refractivity contribution in [1.82, 2.24) is 5.32 Å². The second-order valence-corrected chi connectivity index (χ2v) is 4.28. The van der Waals surface area contributed by atoms with E-state index in [1.54, 1.807) is 0 Å². The molecule has 0 saturated carbocycles. The zero-order chi connectivity index (χ0) is 11.7. The molecule has 0 aliphatic carbocycles. The highest BCUT2D eigenvalue weighted by Crippen LogP contribution is 2.19. The minimum Gasteiger partial charge on any atom is -0.309 e.